The Hall–Kier alpha value is -11.9. The maximum atomic E-state index is 14.0. The van der Waals surface area contributed by atoms with Crippen LogP contribution in [0.4, 0.5) is 23.2 Å². The average Bonchev–Trinajstić information content (AvgIpc) is 1.61. The number of rotatable bonds is 22. The highest BCUT2D eigenvalue weighted by atomic mass is 35.5. The molecule has 5 heterocycles. The highest BCUT2D eigenvalue weighted by molar-refractivity contribution is 7.90. The number of nitrogens with zero attached hydrogens (tertiary/aromatic N) is 7. The number of H-pyrrole nitrogens is 1. The topological polar surface area (TPSA) is 247 Å². The molecule has 0 fully saturated rings. The third kappa shape index (κ3) is 25.4. The summed E-state index contributed by atoms with van der Waals surface area (Å²) in [7, 11) is -5.28. The number of carbonyl (C=O) groups is 3. The first-order valence-corrected chi connectivity index (χ1v) is 49.0. The number of hydrogen-bond donors (Lipinski definition) is 2. The van der Waals surface area contributed by atoms with E-state index in [1.807, 2.05) is 164 Å². The van der Waals surface area contributed by atoms with Crippen LogP contribution >= 0.6 is 46.4 Å². The molecular formula is C104H109Cl4F2N9O12S3. The number of aromatic nitrogens is 5. The van der Waals surface area contributed by atoms with Crippen LogP contribution in [0.5, 0.6) is 0 Å². The van der Waals surface area contributed by atoms with E-state index in [1.54, 1.807) is 99.2 Å². The predicted molar refractivity (Wildman–Crippen MR) is 531 cm³/mol. The molecule has 0 aliphatic carbocycles. The van der Waals surface area contributed by atoms with Crippen molar-refractivity contribution in [3.8, 4) is 0 Å². The van der Waals surface area contributed by atoms with Gasteiger partial charge in [-0.25, -0.2) is 60.3 Å². The van der Waals surface area contributed by atoms with Crippen LogP contribution in [0.25, 0.3) is 43.6 Å². The molecule has 702 valence electrons. The molecule has 2 N–H and O–H groups in total. The van der Waals surface area contributed by atoms with Gasteiger partial charge in [-0.05, 0) is 309 Å². The zero-order valence-electron chi connectivity index (χ0n) is 77.8. The largest absolute Gasteiger partial charge is 0.444 e. The molecule has 15 rings (SSSR count). The third-order valence-electron chi connectivity index (χ3n) is 21.6. The van der Waals surface area contributed by atoms with E-state index in [0.717, 1.165) is 122 Å². The van der Waals surface area contributed by atoms with E-state index in [2.05, 4.69) is 45.6 Å². The lowest BCUT2D eigenvalue weighted by Crippen LogP contribution is -2.33. The summed E-state index contributed by atoms with van der Waals surface area (Å²) >= 11 is 25.7. The van der Waals surface area contributed by atoms with E-state index in [9.17, 15) is 48.4 Å². The van der Waals surface area contributed by atoms with E-state index in [-0.39, 0.29) is 33.9 Å². The molecule has 0 spiro atoms. The van der Waals surface area contributed by atoms with Crippen LogP contribution in [-0.4, -0.2) is 125 Å². The molecule has 21 nitrogen and oxygen atoms in total. The summed E-state index contributed by atoms with van der Waals surface area (Å²) in [4.78, 5) is 48.9. The number of halogens is 6. The van der Waals surface area contributed by atoms with Crippen molar-refractivity contribution in [1.82, 2.24) is 41.9 Å². The number of fused-ring (bicyclic) bond motifs is 4. The number of amides is 3. The van der Waals surface area contributed by atoms with Gasteiger partial charge in [0.1, 0.15) is 33.3 Å². The van der Waals surface area contributed by atoms with Crippen molar-refractivity contribution in [2.75, 3.05) is 28.2 Å². The molecule has 0 saturated heterocycles. The zero-order valence-corrected chi connectivity index (χ0v) is 83.2. The van der Waals surface area contributed by atoms with Crippen LogP contribution in [0.2, 0.25) is 20.1 Å². The van der Waals surface area contributed by atoms with Gasteiger partial charge in [-0.3, -0.25) is 4.98 Å². The van der Waals surface area contributed by atoms with E-state index in [4.69, 9.17) is 60.6 Å². The third-order valence-corrected chi connectivity index (χ3v) is 28.0. The van der Waals surface area contributed by atoms with E-state index < -0.39 is 70.7 Å². The van der Waals surface area contributed by atoms with Gasteiger partial charge in [0.25, 0.3) is 30.1 Å². The first-order chi connectivity index (χ1) is 63.0. The molecule has 10 aromatic carbocycles. The van der Waals surface area contributed by atoms with Crippen molar-refractivity contribution in [2.24, 2.45) is 0 Å². The van der Waals surface area contributed by atoms with Gasteiger partial charge in [0.05, 0.1) is 46.0 Å². The smallest absolute Gasteiger partial charge is 0.410 e. The van der Waals surface area contributed by atoms with Crippen LogP contribution in [0.1, 0.15) is 151 Å². The average molecular weight is 1950 g/mol. The number of pyridine rings is 1. The Balaban J connectivity index is 0.000000162. The number of aryl methyl sites for hydroxylation is 4. The molecule has 0 bridgehead atoms. The van der Waals surface area contributed by atoms with Gasteiger partial charge in [-0.2, -0.15) is 0 Å². The van der Waals surface area contributed by atoms with E-state index >= 15 is 0 Å². The van der Waals surface area contributed by atoms with Crippen LogP contribution in [-0.2, 0) is 96.1 Å². The van der Waals surface area contributed by atoms with Crippen molar-refractivity contribution in [3.63, 3.8) is 0 Å². The van der Waals surface area contributed by atoms with Gasteiger partial charge < -0.3 is 39.2 Å². The summed E-state index contributed by atoms with van der Waals surface area (Å²) in [5, 5.41) is 9.15. The van der Waals surface area contributed by atoms with E-state index in [0.29, 0.717) is 80.5 Å². The first-order valence-electron chi connectivity index (χ1n) is 43.1. The summed E-state index contributed by atoms with van der Waals surface area (Å²) in [6.07, 6.45) is 10.5. The lowest BCUT2D eigenvalue weighted by atomic mass is 10.0. The maximum Gasteiger partial charge on any atom is 0.410 e. The Bertz CT molecular complexity index is 7270. The number of ether oxygens (including phenoxy) is 3. The fourth-order valence-corrected chi connectivity index (χ4v) is 20.4. The summed E-state index contributed by atoms with van der Waals surface area (Å²) in [6, 6.07) is 60.2. The SMILES string of the molecule is CNCc1cn(S(=O)(=O)c2cccc(F)c2)c2cc(Cc3ccc(C)cc3Cl)ccc12.Cc1ccc(Cc2ccc3c(CN(C)C(=O)OC(C)(C)C)c[nH]c3c2)c(Cl)c1.Cc1ccc(Cc2ccc3c(CN(C)C(=O)OC(C)(C)C)cn(S(=O)(=O)c4cccc(F)c4)c3c2)c(Cl)c1.Cc1ccc(Cc2ccc3c(CN(C)C(=O)OC(C)(C)C)cn(S(=O)(=O)c4cccnc4)c3c2)c(Cl)c1. The zero-order chi connectivity index (χ0) is 97.4. The van der Waals surface area contributed by atoms with Crippen molar-refractivity contribution in [3.05, 3.63) is 364 Å². The predicted octanol–water partition coefficient (Wildman–Crippen LogP) is 24.5. The molecule has 0 radical (unpaired) electrons. The summed E-state index contributed by atoms with van der Waals surface area (Å²) < 4.78 is 129. The van der Waals surface area contributed by atoms with Gasteiger partial charge in [-0.15, -0.1) is 0 Å². The molecule has 15 aromatic rings. The molecular weight excluding hydrogens is 1840 g/mol. The Morgan fingerprint density at radius 2 is 0.701 bits per heavy atom. The Labute approximate surface area is 802 Å². The number of benzene rings is 10. The van der Waals surface area contributed by atoms with Crippen LogP contribution < -0.4 is 5.32 Å². The standard InChI is InChI=1S/C29H30ClFN2O4S.C28H30ClN3O4S.C24H22ClFN2O2S.C23H27ClN2O2/c1-19-9-11-21(26(30)13-19)14-20-10-12-25-22(17-32(5)28(34)37-29(2,3)4)18-33(27(25)15-20)38(35,36)24-8-6-7-23(31)16-24;1-19-8-10-21(25(29)13-19)14-20-9-11-24-22(17-31(5)27(33)36-28(2,3)4)18-32(26(24)15-20)37(34,35)23-7-6-12-30-16-23;1-16-6-8-18(23(25)10-16)11-17-7-9-22-19(14-27-2)15-28(24(22)12-17)31(29,30)21-5-3-4-20(26)13-21;1-15-6-8-17(20(24)10-15)11-16-7-9-19-18(13-25-21(19)12-16)14-26(5)22(27)28-23(2,3)4/h6-13,15-16,18H,14,17H2,1-5H3;6-13,15-16,18H,14,17H2,1-5H3;3-10,12-13,15,27H,11,14H2,1-2H3;6-10,12-13,25H,11,14H2,1-5H3. The lowest BCUT2D eigenvalue weighted by molar-refractivity contribution is 0.0276. The molecule has 3 amide bonds. The van der Waals surface area contributed by atoms with Crippen LogP contribution in [0, 0.1) is 39.3 Å². The van der Waals surface area contributed by atoms with Crippen LogP contribution in [0.3, 0.4) is 0 Å². The Morgan fingerprint density at radius 3 is 1.02 bits per heavy atom. The molecule has 30 heteroatoms. The van der Waals surface area contributed by atoms with E-state index in [1.165, 1.54) is 84.4 Å². The number of carbonyl (C=O) groups excluding carboxylic acids is 3. The summed E-state index contributed by atoms with van der Waals surface area (Å²) in [5.74, 6) is -1.25. The molecule has 0 aliphatic heterocycles. The van der Waals surface area contributed by atoms with Gasteiger partial charge in [0.2, 0.25) is 0 Å². The van der Waals surface area contributed by atoms with Gasteiger partial charge in [0, 0.05) is 112 Å². The summed E-state index contributed by atoms with van der Waals surface area (Å²) in [6.45, 7) is 25.6. The molecule has 0 saturated carbocycles. The first kappa shape index (κ1) is 101. The lowest BCUT2D eigenvalue weighted by Gasteiger charge is -2.24. The molecule has 0 aliphatic rings. The molecule has 0 unspecified atom stereocenters. The van der Waals surface area contributed by atoms with Crippen molar-refractivity contribution >= 4 is 138 Å². The number of nitrogens with one attached hydrogen (secondary N) is 2. The minimum absolute atomic E-state index is 0.0749. The second-order valence-electron chi connectivity index (χ2n) is 36.3. The second kappa shape index (κ2) is 42.0. The minimum Gasteiger partial charge on any atom is -0.444 e. The van der Waals surface area contributed by atoms with Crippen molar-refractivity contribution in [2.45, 2.75) is 173 Å². The highest BCUT2D eigenvalue weighted by Gasteiger charge is 2.30. The fraction of sp³-hybridized carbons (Fsp3) is 0.269. The van der Waals surface area contributed by atoms with Crippen molar-refractivity contribution in [1.29, 1.82) is 0 Å². The highest BCUT2D eigenvalue weighted by Crippen LogP contribution is 2.37. The second-order valence-corrected chi connectivity index (χ2v) is 43.4. The minimum atomic E-state index is -4.14. The Morgan fingerprint density at radius 1 is 0.388 bits per heavy atom. The van der Waals surface area contributed by atoms with Crippen molar-refractivity contribution < 1.29 is 62.6 Å². The van der Waals surface area contributed by atoms with Crippen LogP contribution in [0.15, 0.2) is 258 Å². The Kier molecular flexibility index (Phi) is 31.7. The monoisotopic (exact) mass is 1950 g/mol. The fourth-order valence-electron chi connectivity index (χ4n) is 15.1. The van der Waals surface area contributed by atoms with Gasteiger partial charge >= 0.3 is 18.3 Å². The summed E-state index contributed by atoms with van der Waals surface area (Å²) in [5.41, 5.74) is 16.1. The number of hydrogen-bond acceptors (Lipinski definition) is 14. The van der Waals surface area contributed by atoms with Gasteiger partial charge in [0.15, 0.2) is 0 Å². The maximum absolute atomic E-state index is 14.0. The van der Waals surface area contributed by atoms with Gasteiger partial charge in [-0.1, -0.05) is 156 Å². The normalized spacial score (nSPS) is 11.9. The number of aromatic amines is 1. The quantitative estimate of drug-likeness (QED) is 0.0599. The molecule has 0 atom stereocenters. The molecule has 5 aromatic heterocycles. The molecule has 134 heavy (non-hydrogen) atoms.